The van der Waals surface area contributed by atoms with Crippen LogP contribution in [-0.2, 0) is 6.42 Å². The molecule has 0 fully saturated rings. The number of nitrogen functional groups attached to an aromatic ring is 1. The highest BCUT2D eigenvalue weighted by molar-refractivity contribution is 5.59. The standard InChI is InChI=1S/C17H21FN2O/c1-12(2)21-17-10-15(19)9-16(11-17)20-7-6-13-4-3-5-14(18)8-13/h3-5,8-12,20H,6-7,19H2,1-2H3. The number of benzene rings is 2. The largest absolute Gasteiger partial charge is 0.491 e. The van der Waals surface area contributed by atoms with Crippen molar-refractivity contribution >= 4 is 11.4 Å². The van der Waals surface area contributed by atoms with Crippen LogP contribution in [0.3, 0.4) is 0 Å². The predicted octanol–water partition coefficient (Wildman–Crippen LogP) is 3.85. The predicted molar refractivity (Wildman–Crippen MR) is 85.2 cm³/mol. The van der Waals surface area contributed by atoms with E-state index in [0.717, 1.165) is 23.4 Å². The van der Waals surface area contributed by atoms with Gasteiger partial charge in [0.15, 0.2) is 0 Å². The molecule has 0 aliphatic heterocycles. The molecule has 2 aromatic rings. The molecular formula is C17H21FN2O. The lowest BCUT2D eigenvalue weighted by molar-refractivity contribution is 0.242. The van der Waals surface area contributed by atoms with Crippen LogP contribution in [0.15, 0.2) is 42.5 Å². The molecule has 0 amide bonds. The number of anilines is 2. The first-order valence-corrected chi connectivity index (χ1v) is 7.08. The molecule has 0 saturated heterocycles. The van der Waals surface area contributed by atoms with Crippen molar-refractivity contribution < 1.29 is 9.13 Å². The first kappa shape index (κ1) is 15.2. The van der Waals surface area contributed by atoms with Gasteiger partial charge in [-0.25, -0.2) is 4.39 Å². The maximum absolute atomic E-state index is 13.1. The van der Waals surface area contributed by atoms with E-state index in [-0.39, 0.29) is 11.9 Å². The van der Waals surface area contributed by atoms with E-state index in [1.165, 1.54) is 6.07 Å². The Kier molecular flexibility index (Phi) is 5.04. The fourth-order valence-corrected chi connectivity index (χ4v) is 2.11. The quantitative estimate of drug-likeness (QED) is 0.794. The van der Waals surface area contributed by atoms with Gasteiger partial charge in [-0.2, -0.15) is 0 Å². The van der Waals surface area contributed by atoms with Crippen LogP contribution in [0.5, 0.6) is 5.75 Å². The van der Waals surface area contributed by atoms with Gasteiger partial charge in [0.1, 0.15) is 11.6 Å². The SMILES string of the molecule is CC(C)Oc1cc(N)cc(NCCc2cccc(F)c2)c1. The van der Waals surface area contributed by atoms with Crippen LogP contribution >= 0.6 is 0 Å². The second-order valence-electron chi connectivity index (χ2n) is 5.26. The minimum absolute atomic E-state index is 0.104. The number of halogens is 1. The Morgan fingerprint density at radius 2 is 2.00 bits per heavy atom. The number of nitrogens with one attached hydrogen (secondary N) is 1. The van der Waals surface area contributed by atoms with E-state index in [1.54, 1.807) is 18.2 Å². The van der Waals surface area contributed by atoms with Crippen LogP contribution < -0.4 is 15.8 Å². The van der Waals surface area contributed by atoms with Gasteiger partial charge >= 0.3 is 0 Å². The van der Waals surface area contributed by atoms with Crippen molar-refractivity contribution in [2.75, 3.05) is 17.6 Å². The zero-order chi connectivity index (χ0) is 15.2. The first-order valence-electron chi connectivity index (χ1n) is 7.08. The molecule has 0 aromatic heterocycles. The Hall–Kier alpha value is -2.23. The number of ether oxygens (including phenoxy) is 1. The monoisotopic (exact) mass is 288 g/mol. The fourth-order valence-electron chi connectivity index (χ4n) is 2.11. The number of hydrogen-bond acceptors (Lipinski definition) is 3. The second kappa shape index (κ2) is 6.97. The van der Waals surface area contributed by atoms with E-state index >= 15 is 0 Å². The van der Waals surface area contributed by atoms with Gasteiger partial charge in [0, 0.05) is 30.1 Å². The molecule has 0 spiro atoms. The van der Waals surface area contributed by atoms with E-state index in [9.17, 15) is 4.39 Å². The fraction of sp³-hybridized carbons (Fsp3) is 0.294. The average Bonchev–Trinajstić information content (AvgIpc) is 2.37. The summed E-state index contributed by atoms with van der Waals surface area (Å²) in [7, 11) is 0. The van der Waals surface area contributed by atoms with Crippen LogP contribution in [0.25, 0.3) is 0 Å². The summed E-state index contributed by atoms with van der Waals surface area (Å²) in [5, 5.41) is 3.28. The van der Waals surface area contributed by atoms with E-state index in [0.29, 0.717) is 12.2 Å². The lowest BCUT2D eigenvalue weighted by atomic mass is 10.1. The Bertz CT molecular complexity index is 599. The molecule has 112 valence electrons. The van der Waals surface area contributed by atoms with Crippen LogP contribution in [0.4, 0.5) is 15.8 Å². The van der Waals surface area contributed by atoms with E-state index in [1.807, 2.05) is 32.0 Å². The topological polar surface area (TPSA) is 47.3 Å². The molecule has 2 rings (SSSR count). The molecule has 0 unspecified atom stereocenters. The van der Waals surface area contributed by atoms with Gasteiger partial charge in [-0.1, -0.05) is 12.1 Å². The van der Waals surface area contributed by atoms with Crippen molar-refractivity contribution in [2.24, 2.45) is 0 Å². The van der Waals surface area contributed by atoms with Gasteiger partial charge in [-0.15, -0.1) is 0 Å². The Balaban J connectivity index is 1.95. The third-order valence-electron chi connectivity index (χ3n) is 2.93. The maximum Gasteiger partial charge on any atom is 0.123 e. The summed E-state index contributed by atoms with van der Waals surface area (Å²) in [6.07, 6.45) is 0.847. The van der Waals surface area contributed by atoms with Gasteiger partial charge in [-0.3, -0.25) is 0 Å². The van der Waals surface area contributed by atoms with Crippen LogP contribution in [0.1, 0.15) is 19.4 Å². The maximum atomic E-state index is 13.1. The van der Waals surface area contributed by atoms with Crippen molar-refractivity contribution in [2.45, 2.75) is 26.4 Å². The second-order valence-corrected chi connectivity index (χ2v) is 5.26. The van der Waals surface area contributed by atoms with Crippen molar-refractivity contribution in [3.63, 3.8) is 0 Å². The van der Waals surface area contributed by atoms with E-state index in [2.05, 4.69) is 5.32 Å². The first-order chi connectivity index (χ1) is 10.0. The zero-order valence-corrected chi connectivity index (χ0v) is 12.4. The molecule has 2 aromatic carbocycles. The van der Waals surface area contributed by atoms with Crippen LogP contribution in [0.2, 0.25) is 0 Å². The van der Waals surface area contributed by atoms with Crippen molar-refractivity contribution in [3.05, 3.63) is 53.8 Å². The van der Waals surface area contributed by atoms with Gasteiger partial charge in [0.2, 0.25) is 0 Å². The van der Waals surface area contributed by atoms with Crippen LogP contribution in [-0.4, -0.2) is 12.6 Å². The highest BCUT2D eigenvalue weighted by Crippen LogP contribution is 2.23. The molecule has 3 nitrogen and oxygen atoms in total. The minimum atomic E-state index is -0.205. The molecule has 4 heteroatoms. The number of rotatable bonds is 6. The van der Waals surface area contributed by atoms with Gasteiger partial charge < -0.3 is 15.8 Å². The molecule has 0 aliphatic rings. The lowest BCUT2D eigenvalue weighted by Gasteiger charge is -2.13. The summed E-state index contributed by atoms with van der Waals surface area (Å²) in [6, 6.07) is 12.2. The molecule has 0 atom stereocenters. The molecule has 0 heterocycles. The highest BCUT2D eigenvalue weighted by atomic mass is 19.1. The molecule has 21 heavy (non-hydrogen) atoms. The lowest BCUT2D eigenvalue weighted by Crippen LogP contribution is -2.08. The molecule has 0 bridgehead atoms. The highest BCUT2D eigenvalue weighted by Gasteiger charge is 2.02. The van der Waals surface area contributed by atoms with Gasteiger partial charge in [-0.05, 0) is 44.0 Å². The van der Waals surface area contributed by atoms with Gasteiger partial charge in [0.05, 0.1) is 6.10 Å². The third-order valence-corrected chi connectivity index (χ3v) is 2.93. The third kappa shape index (κ3) is 4.99. The normalized spacial score (nSPS) is 10.7. The minimum Gasteiger partial charge on any atom is -0.491 e. The van der Waals surface area contributed by atoms with Crippen molar-refractivity contribution in [3.8, 4) is 5.75 Å². The number of hydrogen-bond donors (Lipinski definition) is 2. The average molecular weight is 288 g/mol. The van der Waals surface area contributed by atoms with Crippen molar-refractivity contribution in [1.29, 1.82) is 0 Å². The molecule has 0 aliphatic carbocycles. The summed E-state index contributed by atoms with van der Waals surface area (Å²) in [5.74, 6) is 0.544. The molecule has 0 saturated carbocycles. The summed E-state index contributed by atoms with van der Waals surface area (Å²) < 4.78 is 18.7. The van der Waals surface area contributed by atoms with E-state index < -0.39 is 0 Å². The van der Waals surface area contributed by atoms with Crippen molar-refractivity contribution in [1.82, 2.24) is 0 Å². The molecule has 3 N–H and O–H groups in total. The van der Waals surface area contributed by atoms with Crippen LogP contribution in [0, 0.1) is 5.82 Å². The Labute approximate surface area is 124 Å². The summed E-state index contributed by atoms with van der Waals surface area (Å²) >= 11 is 0. The Morgan fingerprint density at radius 1 is 1.19 bits per heavy atom. The zero-order valence-electron chi connectivity index (χ0n) is 12.4. The summed E-state index contributed by atoms with van der Waals surface area (Å²) in [6.45, 7) is 4.65. The summed E-state index contributed by atoms with van der Waals surface area (Å²) in [4.78, 5) is 0. The summed E-state index contributed by atoms with van der Waals surface area (Å²) in [5.41, 5.74) is 8.39. The number of nitrogens with two attached hydrogens (primary N) is 1. The Morgan fingerprint density at radius 3 is 2.71 bits per heavy atom. The van der Waals surface area contributed by atoms with E-state index in [4.69, 9.17) is 10.5 Å². The molecular weight excluding hydrogens is 267 g/mol. The van der Waals surface area contributed by atoms with Gasteiger partial charge in [0.25, 0.3) is 0 Å². The smallest absolute Gasteiger partial charge is 0.123 e. The molecule has 0 radical (unpaired) electrons.